The molecule has 0 radical (unpaired) electrons. The average molecular weight is 317 g/mol. The van der Waals surface area contributed by atoms with E-state index in [2.05, 4.69) is 5.32 Å². The number of hydrogen-bond donors (Lipinski definition) is 1. The maximum Gasteiger partial charge on any atom is 0.312 e. The molecule has 1 aliphatic heterocycles. The van der Waals surface area contributed by atoms with Crippen LogP contribution in [-0.4, -0.2) is 60.2 Å². The van der Waals surface area contributed by atoms with Gasteiger partial charge in [-0.1, -0.05) is 30.3 Å². The Hall–Kier alpha value is -2.37. The van der Waals surface area contributed by atoms with Crippen LogP contribution < -0.4 is 5.32 Å². The molecule has 1 aliphatic rings. The molecule has 0 saturated carbocycles. The van der Waals surface area contributed by atoms with Crippen LogP contribution in [-0.2, 0) is 20.8 Å². The van der Waals surface area contributed by atoms with Crippen LogP contribution in [0.3, 0.4) is 0 Å². The molecule has 6 nitrogen and oxygen atoms in total. The number of amides is 3. The van der Waals surface area contributed by atoms with Crippen molar-refractivity contribution in [3.63, 3.8) is 0 Å². The highest BCUT2D eigenvalue weighted by atomic mass is 16.2. The second-order valence-electron chi connectivity index (χ2n) is 5.64. The highest BCUT2D eigenvalue weighted by Crippen LogP contribution is 2.03. The fraction of sp³-hybridized carbons (Fsp3) is 0.471. The van der Waals surface area contributed by atoms with Gasteiger partial charge in [0.15, 0.2) is 0 Å². The summed E-state index contributed by atoms with van der Waals surface area (Å²) in [5.41, 5.74) is 1.22. The van der Waals surface area contributed by atoms with Gasteiger partial charge in [-0.2, -0.15) is 0 Å². The number of aryl methyl sites for hydroxylation is 1. The molecule has 6 heteroatoms. The fourth-order valence-electron chi connectivity index (χ4n) is 2.58. The van der Waals surface area contributed by atoms with Gasteiger partial charge in [-0.05, 0) is 18.4 Å². The summed E-state index contributed by atoms with van der Waals surface area (Å²) in [6.45, 7) is 3.79. The second kappa shape index (κ2) is 8.31. The Labute approximate surface area is 136 Å². The summed E-state index contributed by atoms with van der Waals surface area (Å²) >= 11 is 0. The molecule has 0 bridgehead atoms. The van der Waals surface area contributed by atoms with E-state index in [0.29, 0.717) is 32.7 Å². The molecule has 0 unspecified atom stereocenters. The van der Waals surface area contributed by atoms with Crippen LogP contribution >= 0.6 is 0 Å². The Kier molecular flexibility index (Phi) is 6.14. The van der Waals surface area contributed by atoms with E-state index < -0.39 is 11.8 Å². The average Bonchev–Trinajstić information content (AvgIpc) is 2.59. The Morgan fingerprint density at radius 2 is 1.61 bits per heavy atom. The third-order valence-electron chi connectivity index (χ3n) is 3.98. The van der Waals surface area contributed by atoms with Gasteiger partial charge in [0.05, 0.1) is 0 Å². The molecular weight excluding hydrogens is 294 g/mol. The molecule has 2 rings (SSSR count). The monoisotopic (exact) mass is 317 g/mol. The van der Waals surface area contributed by atoms with Crippen LogP contribution in [0.2, 0.25) is 0 Å². The minimum atomic E-state index is -0.561. The first kappa shape index (κ1) is 17.0. The van der Waals surface area contributed by atoms with E-state index in [4.69, 9.17) is 0 Å². The van der Waals surface area contributed by atoms with Crippen LogP contribution in [0.15, 0.2) is 30.3 Å². The lowest BCUT2D eigenvalue weighted by Crippen LogP contribution is -2.53. The lowest BCUT2D eigenvalue weighted by molar-refractivity contribution is -0.148. The topological polar surface area (TPSA) is 69.7 Å². The highest BCUT2D eigenvalue weighted by Gasteiger charge is 2.26. The molecule has 1 N–H and O–H groups in total. The first-order valence-electron chi connectivity index (χ1n) is 7.94. The van der Waals surface area contributed by atoms with E-state index in [-0.39, 0.29) is 5.91 Å². The summed E-state index contributed by atoms with van der Waals surface area (Å²) in [5.74, 6) is -1.07. The standard InChI is InChI=1S/C17H23N3O3/c1-14(21)19-10-12-20(13-11-19)17(23)16(22)18-9-5-8-15-6-3-2-4-7-15/h2-4,6-7H,5,8-13H2,1H3,(H,18,22). The SMILES string of the molecule is CC(=O)N1CCN(C(=O)C(=O)NCCCc2ccccc2)CC1. The van der Waals surface area contributed by atoms with E-state index in [1.165, 1.54) is 17.4 Å². The Morgan fingerprint density at radius 1 is 1.00 bits per heavy atom. The van der Waals surface area contributed by atoms with Gasteiger partial charge in [0, 0.05) is 39.6 Å². The van der Waals surface area contributed by atoms with Gasteiger partial charge in [0.25, 0.3) is 0 Å². The van der Waals surface area contributed by atoms with Crippen molar-refractivity contribution in [2.75, 3.05) is 32.7 Å². The number of nitrogens with zero attached hydrogens (tertiary/aromatic N) is 2. The zero-order valence-electron chi connectivity index (χ0n) is 13.5. The van der Waals surface area contributed by atoms with Gasteiger partial charge >= 0.3 is 11.8 Å². The molecule has 23 heavy (non-hydrogen) atoms. The minimum Gasteiger partial charge on any atom is -0.348 e. The summed E-state index contributed by atoms with van der Waals surface area (Å²) in [4.78, 5) is 38.4. The predicted molar refractivity (Wildman–Crippen MR) is 86.6 cm³/mol. The predicted octanol–water partition coefficient (Wildman–Crippen LogP) is 0.426. The van der Waals surface area contributed by atoms with Crippen LogP contribution in [0.1, 0.15) is 18.9 Å². The Morgan fingerprint density at radius 3 is 2.22 bits per heavy atom. The number of carbonyl (C=O) groups is 3. The molecule has 1 saturated heterocycles. The summed E-state index contributed by atoms with van der Waals surface area (Å²) in [5, 5.41) is 2.67. The first-order chi connectivity index (χ1) is 11.1. The van der Waals surface area contributed by atoms with Gasteiger partial charge in [0.2, 0.25) is 5.91 Å². The van der Waals surface area contributed by atoms with Crippen molar-refractivity contribution >= 4 is 17.7 Å². The smallest absolute Gasteiger partial charge is 0.312 e. The molecule has 1 aromatic rings. The molecule has 0 atom stereocenters. The van der Waals surface area contributed by atoms with Crippen molar-refractivity contribution in [1.82, 2.24) is 15.1 Å². The Bertz CT molecular complexity index is 551. The van der Waals surface area contributed by atoms with Crippen LogP contribution in [0.25, 0.3) is 0 Å². The van der Waals surface area contributed by atoms with Gasteiger partial charge < -0.3 is 15.1 Å². The normalized spacial score (nSPS) is 14.5. The van der Waals surface area contributed by atoms with Crippen LogP contribution in [0.4, 0.5) is 0 Å². The highest BCUT2D eigenvalue weighted by molar-refractivity contribution is 6.35. The summed E-state index contributed by atoms with van der Waals surface area (Å²) in [6.07, 6.45) is 1.66. The third kappa shape index (κ3) is 5.09. The van der Waals surface area contributed by atoms with E-state index in [1.54, 1.807) is 4.90 Å². The van der Waals surface area contributed by atoms with E-state index in [0.717, 1.165) is 12.8 Å². The maximum absolute atomic E-state index is 12.0. The van der Waals surface area contributed by atoms with Crippen molar-refractivity contribution in [3.05, 3.63) is 35.9 Å². The number of benzene rings is 1. The van der Waals surface area contributed by atoms with Crippen molar-refractivity contribution < 1.29 is 14.4 Å². The van der Waals surface area contributed by atoms with Crippen LogP contribution in [0.5, 0.6) is 0 Å². The van der Waals surface area contributed by atoms with Crippen molar-refractivity contribution in [1.29, 1.82) is 0 Å². The zero-order chi connectivity index (χ0) is 16.7. The van der Waals surface area contributed by atoms with E-state index in [9.17, 15) is 14.4 Å². The first-order valence-corrected chi connectivity index (χ1v) is 7.94. The quantitative estimate of drug-likeness (QED) is 0.646. The third-order valence-corrected chi connectivity index (χ3v) is 3.98. The van der Waals surface area contributed by atoms with Gasteiger partial charge in [-0.15, -0.1) is 0 Å². The molecule has 3 amide bonds. The number of nitrogens with one attached hydrogen (secondary N) is 1. The van der Waals surface area contributed by atoms with Crippen molar-refractivity contribution in [2.45, 2.75) is 19.8 Å². The molecule has 124 valence electrons. The Balaban J connectivity index is 1.67. The number of piperazine rings is 1. The zero-order valence-corrected chi connectivity index (χ0v) is 13.5. The lowest BCUT2D eigenvalue weighted by Gasteiger charge is -2.33. The summed E-state index contributed by atoms with van der Waals surface area (Å²) in [6, 6.07) is 10.0. The van der Waals surface area contributed by atoms with Gasteiger partial charge in [0.1, 0.15) is 0 Å². The summed E-state index contributed by atoms with van der Waals surface area (Å²) in [7, 11) is 0. The molecule has 0 spiro atoms. The van der Waals surface area contributed by atoms with Gasteiger partial charge in [-0.3, -0.25) is 14.4 Å². The lowest BCUT2D eigenvalue weighted by atomic mass is 10.1. The fourth-order valence-corrected chi connectivity index (χ4v) is 2.58. The van der Waals surface area contributed by atoms with E-state index >= 15 is 0 Å². The van der Waals surface area contributed by atoms with Crippen molar-refractivity contribution in [3.8, 4) is 0 Å². The molecule has 0 aliphatic carbocycles. The second-order valence-corrected chi connectivity index (χ2v) is 5.64. The number of rotatable bonds is 4. The van der Waals surface area contributed by atoms with Crippen molar-refractivity contribution in [2.24, 2.45) is 0 Å². The number of carbonyl (C=O) groups excluding carboxylic acids is 3. The minimum absolute atomic E-state index is 0.00228. The molecule has 1 aromatic carbocycles. The number of hydrogen-bond acceptors (Lipinski definition) is 3. The van der Waals surface area contributed by atoms with Gasteiger partial charge in [-0.25, -0.2) is 0 Å². The summed E-state index contributed by atoms with van der Waals surface area (Å²) < 4.78 is 0. The largest absolute Gasteiger partial charge is 0.348 e. The van der Waals surface area contributed by atoms with E-state index in [1.807, 2.05) is 30.3 Å². The molecule has 0 aromatic heterocycles. The molecule has 1 fully saturated rings. The molecular formula is C17H23N3O3. The maximum atomic E-state index is 12.0. The van der Waals surface area contributed by atoms with Crippen LogP contribution in [0, 0.1) is 0 Å². The molecule has 1 heterocycles.